The van der Waals surface area contributed by atoms with Crippen LogP contribution in [0.1, 0.15) is 25.7 Å². The average molecular weight is 327 g/mol. The molecule has 2 fully saturated rings. The average Bonchev–Trinajstić information content (AvgIpc) is 2.74. The molecule has 2 aliphatic rings. The standard InChI is InChI=1S/C15H16Cl2N2O2/c16-12-5-4-10(7-13(12)17)18-15(21)9-6-14(20)19(8-9)11-2-1-3-11/h4-5,7,9,11H,1-3,6,8H2,(H,18,21). The zero-order valence-corrected chi connectivity index (χ0v) is 13.0. The molecule has 3 rings (SSSR count). The van der Waals surface area contributed by atoms with Crippen LogP contribution in [0.25, 0.3) is 0 Å². The number of halogens is 2. The van der Waals surface area contributed by atoms with E-state index in [-0.39, 0.29) is 17.7 Å². The summed E-state index contributed by atoms with van der Waals surface area (Å²) in [5, 5.41) is 3.65. The molecule has 0 spiro atoms. The molecular formula is C15H16Cl2N2O2. The fraction of sp³-hybridized carbons (Fsp3) is 0.467. The number of rotatable bonds is 3. The lowest BCUT2D eigenvalue weighted by Gasteiger charge is -2.34. The molecule has 21 heavy (non-hydrogen) atoms. The van der Waals surface area contributed by atoms with Gasteiger partial charge in [-0.25, -0.2) is 0 Å². The lowest BCUT2D eigenvalue weighted by Crippen LogP contribution is -2.41. The van der Waals surface area contributed by atoms with E-state index < -0.39 is 0 Å². The van der Waals surface area contributed by atoms with Gasteiger partial charge in [-0.1, -0.05) is 23.2 Å². The topological polar surface area (TPSA) is 49.4 Å². The van der Waals surface area contributed by atoms with Crippen molar-refractivity contribution in [2.75, 3.05) is 11.9 Å². The first-order valence-electron chi connectivity index (χ1n) is 7.10. The van der Waals surface area contributed by atoms with Gasteiger partial charge in [0, 0.05) is 24.7 Å². The van der Waals surface area contributed by atoms with E-state index in [9.17, 15) is 9.59 Å². The van der Waals surface area contributed by atoms with Crippen molar-refractivity contribution in [1.82, 2.24) is 4.90 Å². The predicted octanol–water partition coefficient (Wildman–Crippen LogP) is 3.33. The molecule has 1 saturated heterocycles. The number of carbonyl (C=O) groups is 2. The molecule has 1 atom stereocenters. The minimum absolute atomic E-state index is 0.0917. The van der Waals surface area contributed by atoms with Crippen molar-refractivity contribution < 1.29 is 9.59 Å². The van der Waals surface area contributed by atoms with E-state index in [2.05, 4.69) is 5.32 Å². The SMILES string of the molecule is O=C(Nc1ccc(Cl)c(Cl)c1)C1CC(=O)N(C2CCC2)C1. The Hall–Kier alpha value is -1.26. The second kappa shape index (κ2) is 5.85. The van der Waals surface area contributed by atoms with Gasteiger partial charge < -0.3 is 10.2 Å². The number of amides is 2. The zero-order valence-electron chi connectivity index (χ0n) is 11.4. The van der Waals surface area contributed by atoms with Gasteiger partial charge in [0.15, 0.2) is 0 Å². The zero-order chi connectivity index (χ0) is 15.0. The quantitative estimate of drug-likeness (QED) is 0.926. The third-order valence-electron chi connectivity index (χ3n) is 4.23. The van der Waals surface area contributed by atoms with Crippen molar-refractivity contribution in [3.05, 3.63) is 28.2 Å². The summed E-state index contributed by atoms with van der Waals surface area (Å²) in [6, 6.07) is 5.30. The highest BCUT2D eigenvalue weighted by Crippen LogP contribution is 2.31. The summed E-state index contributed by atoms with van der Waals surface area (Å²) < 4.78 is 0. The Morgan fingerprint density at radius 2 is 2.00 bits per heavy atom. The van der Waals surface area contributed by atoms with Crippen LogP contribution in [0.15, 0.2) is 18.2 Å². The summed E-state index contributed by atoms with van der Waals surface area (Å²) in [4.78, 5) is 26.1. The maximum absolute atomic E-state index is 12.3. The van der Waals surface area contributed by atoms with E-state index in [0.29, 0.717) is 34.7 Å². The van der Waals surface area contributed by atoms with Crippen LogP contribution < -0.4 is 5.32 Å². The van der Waals surface area contributed by atoms with E-state index in [1.807, 2.05) is 4.90 Å². The fourth-order valence-corrected chi connectivity index (χ4v) is 3.07. The van der Waals surface area contributed by atoms with Crippen LogP contribution in [-0.2, 0) is 9.59 Å². The monoisotopic (exact) mass is 326 g/mol. The maximum Gasteiger partial charge on any atom is 0.229 e. The van der Waals surface area contributed by atoms with Crippen LogP contribution in [-0.4, -0.2) is 29.3 Å². The minimum atomic E-state index is -0.285. The Morgan fingerprint density at radius 3 is 2.62 bits per heavy atom. The van der Waals surface area contributed by atoms with Gasteiger partial charge in [0.1, 0.15) is 0 Å². The Labute approximate surface area is 133 Å². The normalized spacial score (nSPS) is 22.3. The smallest absolute Gasteiger partial charge is 0.229 e. The van der Waals surface area contributed by atoms with Gasteiger partial charge in [-0.2, -0.15) is 0 Å². The number of carbonyl (C=O) groups excluding carboxylic acids is 2. The lowest BCUT2D eigenvalue weighted by molar-refractivity contribution is -0.131. The van der Waals surface area contributed by atoms with Crippen molar-refractivity contribution in [2.45, 2.75) is 31.7 Å². The number of hydrogen-bond acceptors (Lipinski definition) is 2. The molecule has 2 amide bonds. The highest BCUT2D eigenvalue weighted by atomic mass is 35.5. The van der Waals surface area contributed by atoms with E-state index in [4.69, 9.17) is 23.2 Å². The summed E-state index contributed by atoms with van der Waals surface area (Å²) >= 11 is 11.8. The van der Waals surface area contributed by atoms with Gasteiger partial charge >= 0.3 is 0 Å². The second-order valence-electron chi connectivity index (χ2n) is 5.65. The Kier molecular flexibility index (Phi) is 4.09. The van der Waals surface area contributed by atoms with Crippen molar-refractivity contribution in [3.8, 4) is 0 Å². The van der Waals surface area contributed by atoms with Crippen molar-refractivity contribution in [1.29, 1.82) is 0 Å². The molecule has 1 aromatic carbocycles. The van der Waals surface area contributed by atoms with Gasteiger partial charge in [-0.15, -0.1) is 0 Å². The first kappa shape index (κ1) is 14.7. The second-order valence-corrected chi connectivity index (χ2v) is 6.46. The fourth-order valence-electron chi connectivity index (χ4n) is 2.78. The molecule has 1 aliphatic heterocycles. The summed E-state index contributed by atoms with van der Waals surface area (Å²) in [6.45, 7) is 0.524. The van der Waals surface area contributed by atoms with E-state index in [1.54, 1.807) is 18.2 Å². The molecule has 1 unspecified atom stereocenters. The number of nitrogens with one attached hydrogen (secondary N) is 1. The molecule has 1 heterocycles. The van der Waals surface area contributed by atoms with Gasteiger partial charge in [-0.3, -0.25) is 9.59 Å². The Morgan fingerprint density at radius 1 is 1.24 bits per heavy atom. The number of anilines is 1. The highest BCUT2D eigenvalue weighted by molar-refractivity contribution is 6.42. The van der Waals surface area contributed by atoms with E-state index in [1.165, 1.54) is 6.42 Å². The van der Waals surface area contributed by atoms with Crippen LogP contribution in [0.2, 0.25) is 10.0 Å². The molecule has 0 aromatic heterocycles. The minimum Gasteiger partial charge on any atom is -0.339 e. The first-order chi connectivity index (χ1) is 10.0. The molecule has 1 aromatic rings. The largest absolute Gasteiger partial charge is 0.339 e. The predicted molar refractivity (Wildman–Crippen MR) is 82.6 cm³/mol. The van der Waals surface area contributed by atoms with E-state index in [0.717, 1.165) is 12.8 Å². The number of likely N-dealkylation sites (tertiary alicyclic amines) is 1. The number of benzene rings is 1. The third kappa shape index (κ3) is 3.01. The molecule has 1 aliphatic carbocycles. The molecule has 0 radical (unpaired) electrons. The van der Waals surface area contributed by atoms with Gasteiger partial charge in [0.25, 0.3) is 0 Å². The van der Waals surface area contributed by atoms with Crippen LogP contribution in [0, 0.1) is 5.92 Å². The summed E-state index contributed by atoms with van der Waals surface area (Å²) in [5.74, 6) is -0.329. The van der Waals surface area contributed by atoms with Crippen LogP contribution in [0.3, 0.4) is 0 Å². The summed E-state index contributed by atoms with van der Waals surface area (Å²) in [5.41, 5.74) is 0.601. The van der Waals surface area contributed by atoms with Crippen molar-refractivity contribution in [2.24, 2.45) is 5.92 Å². The Bertz CT molecular complexity index is 587. The Balaban J connectivity index is 1.63. The van der Waals surface area contributed by atoms with Gasteiger partial charge in [0.2, 0.25) is 11.8 Å². The van der Waals surface area contributed by atoms with Crippen molar-refractivity contribution in [3.63, 3.8) is 0 Å². The summed E-state index contributed by atoms with van der Waals surface area (Å²) in [6.07, 6.45) is 3.60. The van der Waals surface area contributed by atoms with Crippen LogP contribution >= 0.6 is 23.2 Å². The molecule has 0 bridgehead atoms. The van der Waals surface area contributed by atoms with Gasteiger partial charge in [-0.05, 0) is 37.5 Å². The maximum atomic E-state index is 12.3. The third-order valence-corrected chi connectivity index (χ3v) is 4.97. The first-order valence-corrected chi connectivity index (χ1v) is 7.85. The van der Waals surface area contributed by atoms with Crippen molar-refractivity contribution >= 4 is 40.7 Å². The molecule has 1 N–H and O–H groups in total. The summed E-state index contributed by atoms with van der Waals surface area (Å²) in [7, 11) is 0. The molecule has 4 nitrogen and oxygen atoms in total. The number of nitrogens with zero attached hydrogens (tertiary/aromatic N) is 1. The van der Waals surface area contributed by atoms with Crippen LogP contribution in [0.4, 0.5) is 5.69 Å². The van der Waals surface area contributed by atoms with E-state index >= 15 is 0 Å². The van der Waals surface area contributed by atoms with Gasteiger partial charge in [0.05, 0.1) is 16.0 Å². The molecular weight excluding hydrogens is 311 g/mol. The lowest BCUT2D eigenvalue weighted by atomic mass is 9.92. The number of hydrogen-bond donors (Lipinski definition) is 1. The molecule has 112 valence electrons. The molecule has 6 heteroatoms. The highest BCUT2D eigenvalue weighted by Gasteiger charge is 2.39. The molecule has 1 saturated carbocycles. The van der Waals surface area contributed by atoms with Crippen LogP contribution in [0.5, 0.6) is 0 Å².